The Kier molecular flexibility index (Phi) is 4.34. The van der Waals surface area contributed by atoms with Crippen LogP contribution in [0.2, 0.25) is 0 Å². The fraction of sp³-hybridized carbons (Fsp3) is 0.538. The minimum atomic E-state index is -0.488. The number of aliphatic hydroxyl groups is 1. The third-order valence-electron chi connectivity index (χ3n) is 2.92. The van der Waals surface area contributed by atoms with Crippen LogP contribution in [0.15, 0.2) is 24.3 Å². The van der Waals surface area contributed by atoms with Crippen molar-refractivity contribution in [3.63, 3.8) is 0 Å². The topological polar surface area (TPSA) is 32.7 Å². The van der Waals surface area contributed by atoms with Crippen LogP contribution in [0.25, 0.3) is 0 Å². The van der Waals surface area contributed by atoms with Crippen molar-refractivity contribution in [3.05, 3.63) is 30.1 Å². The van der Waals surface area contributed by atoms with Crippen LogP contribution in [-0.4, -0.2) is 42.4 Å². The molecule has 1 atom stereocenters. The van der Waals surface area contributed by atoms with E-state index in [9.17, 15) is 9.50 Å². The number of hydrogen-bond donors (Lipinski definition) is 1. The standard InChI is InChI=1S/C13H18FNO2/c14-11-3-5-13(6-4-11)17-10-12(16)9-15-7-1-2-8-15/h3-6,12,16H,1-2,7-10H2/t12-/m0/s1. The zero-order valence-electron chi connectivity index (χ0n) is 9.81. The van der Waals surface area contributed by atoms with Crippen molar-refractivity contribution in [2.75, 3.05) is 26.2 Å². The van der Waals surface area contributed by atoms with E-state index >= 15 is 0 Å². The van der Waals surface area contributed by atoms with Crippen molar-refractivity contribution in [2.45, 2.75) is 18.9 Å². The quantitative estimate of drug-likeness (QED) is 0.848. The number of rotatable bonds is 5. The van der Waals surface area contributed by atoms with Gasteiger partial charge < -0.3 is 14.7 Å². The molecule has 0 radical (unpaired) electrons. The first kappa shape index (κ1) is 12.3. The van der Waals surface area contributed by atoms with Crippen molar-refractivity contribution >= 4 is 0 Å². The van der Waals surface area contributed by atoms with Gasteiger partial charge in [-0.2, -0.15) is 0 Å². The largest absolute Gasteiger partial charge is 0.491 e. The Bertz CT molecular complexity index is 336. The Balaban J connectivity index is 1.71. The summed E-state index contributed by atoms with van der Waals surface area (Å²) in [5.41, 5.74) is 0. The SMILES string of the molecule is O[C@H](COc1ccc(F)cc1)CN1CCCC1. The number of nitrogens with zero attached hydrogens (tertiary/aromatic N) is 1. The van der Waals surface area contributed by atoms with E-state index in [1.165, 1.54) is 25.0 Å². The highest BCUT2D eigenvalue weighted by Crippen LogP contribution is 2.12. The number of hydrogen-bond acceptors (Lipinski definition) is 3. The molecule has 1 aliphatic rings. The lowest BCUT2D eigenvalue weighted by atomic mass is 10.3. The van der Waals surface area contributed by atoms with Gasteiger partial charge in [0, 0.05) is 6.54 Å². The van der Waals surface area contributed by atoms with E-state index in [2.05, 4.69) is 4.90 Å². The van der Waals surface area contributed by atoms with Crippen LogP contribution < -0.4 is 4.74 Å². The number of likely N-dealkylation sites (tertiary alicyclic amines) is 1. The molecule has 2 rings (SSSR count). The lowest BCUT2D eigenvalue weighted by Gasteiger charge is -2.19. The molecule has 0 bridgehead atoms. The zero-order chi connectivity index (χ0) is 12.1. The number of benzene rings is 1. The van der Waals surface area contributed by atoms with Crippen molar-refractivity contribution in [3.8, 4) is 5.75 Å². The third-order valence-corrected chi connectivity index (χ3v) is 2.92. The third kappa shape index (κ3) is 3.98. The fourth-order valence-electron chi connectivity index (χ4n) is 2.04. The van der Waals surface area contributed by atoms with Crippen molar-refractivity contribution < 1.29 is 14.2 Å². The van der Waals surface area contributed by atoms with Crippen LogP contribution >= 0.6 is 0 Å². The molecular weight excluding hydrogens is 221 g/mol. The average molecular weight is 239 g/mol. The van der Waals surface area contributed by atoms with Crippen LogP contribution in [0.5, 0.6) is 5.75 Å². The van der Waals surface area contributed by atoms with Crippen LogP contribution in [-0.2, 0) is 0 Å². The van der Waals surface area contributed by atoms with E-state index in [4.69, 9.17) is 4.74 Å². The highest BCUT2D eigenvalue weighted by atomic mass is 19.1. The Labute approximate surface area is 101 Å². The first-order valence-electron chi connectivity index (χ1n) is 6.03. The van der Waals surface area contributed by atoms with Crippen LogP contribution in [0, 0.1) is 5.82 Å². The summed E-state index contributed by atoms with van der Waals surface area (Å²) in [4.78, 5) is 2.23. The number of β-amino-alcohol motifs (C(OH)–C–C–N with tert-alkyl or cyclic N) is 1. The van der Waals surface area contributed by atoms with Gasteiger partial charge in [0.2, 0.25) is 0 Å². The molecule has 1 saturated heterocycles. The Morgan fingerprint density at radius 1 is 1.24 bits per heavy atom. The fourth-order valence-corrected chi connectivity index (χ4v) is 2.04. The van der Waals surface area contributed by atoms with Crippen LogP contribution in [0.3, 0.4) is 0 Å². The van der Waals surface area contributed by atoms with Gasteiger partial charge >= 0.3 is 0 Å². The molecule has 0 spiro atoms. The average Bonchev–Trinajstić information content (AvgIpc) is 2.81. The molecule has 3 nitrogen and oxygen atoms in total. The second-order valence-corrected chi connectivity index (χ2v) is 4.43. The minimum absolute atomic E-state index is 0.252. The summed E-state index contributed by atoms with van der Waals surface area (Å²) in [5.74, 6) is 0.307. The van der Waals surface area contributed by atoms with Gasteiger partial charge in [-0.05, 0) is 50.2 Å². The predicted octanol–water partition coefficient (Wildman–Crippen LogP) is 1.66. The summed E-state index contributed by atoms with van der Waals surface area (Å²) < 4.78 is 18.0. The summed E-state index contributed by atoms with van der Waals surface area (Å²) in [7, 11) is 0. The molecule has 94 valence electrons. The summed E-state index contributed by atoms with van der Waals surface area (Å²) in [6.07, 6.45) is 1.94. The second-order valence-electron chi connectivity index (χ2n) is 4.43. The normalized spacial score (nSPS) is 18.2. The molecule has 0 amide bonds. The van der Waals surface area contributed by atoms with Gasteiger partial charge in [0.1, 0.15) is 24.3 Å². The van der Waals surface area contributed by atoms with Gasteiger partial charge in [0.05, 0.1) is 0 Å². The highest BCUT2D eigenvalue weighted by molar-refractivity contribution is 5.22. The Morgan fingerprint density at radius 2 is 1.88 bits per heavy atom. The molecule has 1 fully saturated rings. The molecule has 17 heavy (non-hydrogen) atoms. The molecule has 0 aliphatic carbocycles. The van der Waals surface area contributed by atoms with Crippen LogP contribution in [0.1, 0.15) is 12.8 Å². The number of halogens is 1. The molecule has 1 N–H and O–H groups in total. The van der Waals surface area contributed by atoms with Gasteiger partial charge in [-0.3, -0.25) is 0 Å². The highest BCUT2D eigenvalue weighted by Gasteiger charge is 2.15. The molecule has 1 aromatic rings. The molecular formula is C13H18FNO2. The molecule has 1 heterocycles. The summed E-state index contributed by atoms with van der Waals surface area (Å²) in [5, 5.41) is 9.78. The molecule has 0 saturated carbocycles. The smallest absolute Gasteiger partial charge is 0.123 e. The molecule has 1 aromatic carbocycles. The van der Waals surface area contributed by atoms with Crippen LogP contribution in [0.4, 0.5) is 4.39 Å². The van der Waals surface area contributed by atoms with E-state index in [1.807, 2.05) is 0 Å². The molecule has 1 aliphatic heterocycles. The van der Waals surface area contributed by atoms with Crippen molar-refractivity contribution in [1.82, 2.24) is 4.90 Å². The molecule has 0 unspecified atom stereocenters. The van der Waals surface area contributed by atoms with Gasteiger partial charge in [-0.1, -0.05) is 0 Å². The summed E-state index contributed by atoms with van der Waals surface area (Å²) in [6.45, 7) is 3.03. The van der Waals surface area contributed by atoms with Gasteiger partial charge in [-0.25, -0.2) is 4.39 Å². The maximum absolute atomic E-state index is 12.6. The Hall–Kier alpha value is -1.13. The molecule has 0 aromatic heterocycles. The van der Waals surface area contributed by atoms with E-state index < -0.39 is 6.10 Å². The van der Waals surface area contributed by atoms with Gasteiger partial charge in [0.25, 0.3) is 0 Å². The first-order valence-corrected chi connectivity index (χ1v) is 6.03. The van der Waals surface area contributed by atoms with Crippen molar-refractivity contribution in [1.29, 1.82) is 0 Å². The maximum Gasteiger partial charge on any atom is 0.123 e. The first-order chi connectivity index (χ1) is 8.24. The van der Waals surface area contributed by atoms with Crippen molar-refractivity contribution in [2.24, 2.45) is 0 Å². The lowest BCUT2D eigenvalue weighted by Crippen LogP contribution is -2.33. The monoisotopic (exact) mass is 239 g/mol. The maximum atomic E-state index is 12.6. The number of ether oxygens (including phenoxy) is 1. The second kappa shape index (κ2) is 5.98. The summed E-state index contributed by atoms with van der Waals surface area (Å²) in [6, 6.07) is 5.83. The van der Waals surface area contributed by atoms with Gasteiger partial charge in [-0.15, -0.1) is 0 Å². The zero-order valence-corrected chi connectivity index (χ0v) is 9.81. The van der Waals surface area contributed by atoms with E-state index in [-0.39, 0.29) is 12.4 Å². The van der Waals surface area contributed by atoms with E-state index in [1.54, 1.807) is 12.1 Å². The van der Waals surface area contributed by atoms with Gasteiger partial charge in [0.15, 0.2) is 0 Å². The van der Waals surface area contributed by atoms with E-state index in [0.717, 1.165) is 13.1 Å². The lowest BCUT2D eigenvalue weighted by molar-refractivity contribution is 0.0758. The number of aliphatic hydroxyl groups excluding tert-OH is 1. The predicted molar refractivity (Wildman–Crippen MR) is 63.6 cm³/mol. The minimum Gasteiger partial charge on any atom is -0.491 e. The van der Waals surface area contributed by atoms with E-state index in [0.29, 0.717) is 12.3 Å². The summed E-state index contributed by atoms with van der Waals surface area (Å²) >= 11 is 0. The molecule has 4 heteroatoms. The Morgan fingerprint density at radius 3 is 2.53 bits per heavy atom.